The number of aliphatic hydroxyl groups excluding tert-OH is 1. The number of pyridine rings is 1. The molecule has 4 rings (SSSR count). The van der Waals surface area contributed by atoms with E-state index in [2.05, 4.69) is 22.1 Å². The highest BCUT2D eigenvalue weighted by atomic mass is 35.5. The van der Waals surface area contributed by atoms with E-state index in [0.29, 0.717) is 22.8 Å². The number of anilines is 2. The highest BCUT2D eigenvalue weighted by Crippen LogP contribution is 2.29. The number of rotatable bonds is 8. The average molecular weight is 450 g/mol. The summed E-state index contributed by atoms with van der Waals surface area (Å²) < 4.78 is 0. The van der Waals surface area contributed by atoms with Gasteiger partial charge < -0.3 is 15.3 Å². The van der Waals surface area contributed by atoms with Crippen molar-refractivity contribution in [3.05, 3.63) is 88.1 Å². The van der Waals surface area contributed by atoms with Gasteiger partial charge in [-0.05, 0) is 60.7 Å². The molecule has 1 fully saturated rings. The third-order valence-electron chi connectivity index (χ3n) is 5.99. The fourth-order valence-corrected chi connectivity index (χ4v) is 4.52. The van der Waals surface area contributed by atoms with Gasteiger partial charge in [-0.3, -0.25) is 4.79 Å². The summed E-state index contributed by atoms with van der Waals surface area (Å²) in [5.41, 5.74) is 4.51. The molecule has 1 aliphatic heterocycles. The third-order valence-corrected chi connectivity index (χ3v) is 6.30. The normalized spacial score (nSPS) is 15.7. The van der Waals surface area contributed by atoms with Crippen molar-refractivity contribution >= 4 is 28.9 Å². The predicted octanol–water partition coefficient (Wildman–Crippen LogP) is 4.75. The number of nitrogens with zero attached hydrogens (tertiary/aromatic N) is 2. The van der Waals surface area contributed by atoms with E-state index in [1.807, 2.05) is 54.6 Å². The number of aryl methyl sites for hydroxylation is 1. The standard InChI is InChI=1S/C26H28ClN3O2/c1-2-18-6-3-4-7-22(18)25(32)20-9-10-24(19(16-20)12-15-31)30-14-11-21(17-30)29-26-23(27)8-5-13-28-26/h3-10,13,16,21,31H,2,11-12,14-15,17H2,1H3,(H,28,29). The first-order valence-corrected chi connectivity index (χ1v) is 11.5. The topological polar surface area (TPSA) is 65.5 Å². The predicted molar refractivity (Wildman–Crippen MR) is 130 cm³/mol. The first kappa shape index (κ1) is 22.3. The van der Waals surface area contributed by atoms with Gasteiger partial charge in [-0.15, -0.1) is 0 Å². The van der Waals surface area contributed by atoms with Crippen LogP contribution in [0.4, 0.5) is 11.5 Å². The van der Waals surface area contributed by atoms with Crippen molar-refractivity contribution in [3.8, 4) is 0 Å². The second kappa shape index (κ2) is 10.2. The summed E-state index contributed by atoms with van der Waals surface area (Å²) in [6.45, 7) is 3.78. The molecule has 6 heteroatoms. The van der Waals surface area contributed by atoms with Crippen LogP contribution in [0.5, 0.6) is 0 Å². The van der Waals surface area contributed by atoms with E-state index in [1.54, 1.807) is 6.20 Å². The number of aliphatic hydroxyl groups is 1. The second-order valence-corrected chi connectivity index (χ2v) is 8.47. The van der Waals surface area contributed by atoms with Gasteiger partial charge in [0.2, 0.25) is 0 Å². The van der Waals surface area contributed by atoms with Crippen molar-refractivity contribution in [2.75, 3.05) is 29.9 Å². The molecular formula is C26H28ClN3O2. The Morgan fingerprint density at radius 1 is 1.19 bits per heavy atom. The number of ketones is 1. The minimum atomic E-state index is 0.0268. The third kappa shape index (κ3) is 4.79. The number of carbonyl (C=O) groups is 1. The van der Waals surface area contributed by atoms with E-state index >= 15 is 0 Å². The maximum atomic E-state index is 13.2. The van der Waals surface area contributed by atoms with Crippen LogP contribution in [0.15, 0.2) is 60.8 Å². The monoisotopic (exact) mass is 449 g/mol. The zero-order valence-corrected chi connectivity index (χ0v) is 19.0. The quantitative estimate of drug-likeness (QED) is 0.485. The molecule has 3 aromatic rings. The number of nitrogens with one attached hydrogen (secondary N) is 1. The van der Waals surface area contributed by atoms with Gasteiger partial charge in [0, 0.05) is 48.7 Å². The number of carbonyl (C=O) groups excluding carboxylic acids is 1. The van der Waals surface area contributed by atoms with Crippen LogP contribution in [-0.4, -0.2) is 41.6 Å². The minimum Gasteiger partial charge on any atom is -0.396 e. The van der Waals surface area contributed by atoms with Gasteiger partial charge in [0.05, 0.1) is 5.02 Å². The van der Waals surface area contributed by atoms with Crippen molar-refractivity contribution in [2.24, 2.45) is 0 Å². The molecular weight excluding hydrogens is 422 g/mol. The molecule has 0 bridgehead atoms. The maximum absolute atomic E-state index is 13.2. The van der Waals surface area contributed by atoms with Crippen LogP contribution in [0, 0.1) is 0 Å². The van der Waals surface area contributed by atoms with Gasteiger partial charge in [0.1, 0.15) is 5.82 Å². The molecule has 166 valence electrons. The van der Waals surface area contributed by atoms with Gasteiger partial charge in [-0.25, -0.2) is 4.98 Å². The van der Waals surface area contributed by atoms with E-state index < -0.39 is 0 Å². The Hall–Kier alpha value is -2.89. The Labute approximate surface area is 194 Å². The maximum Gasteiger partial charge on any atom is 0.193 e. The van der Waals surface area contributed by atoms with Gasteiger partial charge in [-0.2, -0.15) is 0 Å². The molecule has 1 atom stereocenters. The molecule has 0 spiro atoms. The molecule has 2 N–H and O–H groups in total. The summed E-state index contributed by atoms with van der Waals surface area (Å²) in [4.78, 5) is 19.8. The molecule has 2 aromatic carbocycles. The number of benzene rings is 2. The Bertz CT molecular complexity index is 1100. The SMILES string of the molecule is CCc1ccccc1C(=O)c1ccc(N2CCC(Nc3ncccc3Cl)C2)c(CCO)c1. The van der Waals surface area contributed by atoms with Gasteiger partial charge in [0.15, 0.2) is 5.78 Å². The average Bonchev–Trinajstić information content (AvgIpc) is 3.28. The van der Waals surface area contributed by atoms with Crippen LogP contribution in [0.2, 0.25) is 5.02 Å². The van der Waals surface area contributed by atoms with Crippen molar-refractivity contribution < 1.29 is 9.90 Å². The zero-order valence-electron chi connectivity index (χ0n) is 18.2. The summed E-state index contributed by atoms with van der Waals surface area (Å²) in [7, 11) is 0. The Balaban J connectivity index is 1.55. The van der Waals surface area contributed by atoms with Crippen molar-refractivity contribution in [3.63, 3.8) is 0 Å². The van der Waals surface area contributed by atoms with Crippen LogP contribution in [-0.2, 0) is 12.8 Å². The summed E-state index contributed by atoms with van der Waals surface area (Å²) in [5.74, 6) is 0.728. The van der Waals surface area contributed by atoms with Gasteiger partial charge in [0.25, 0.3) is 0 Å². The highest BCUT2D eigenvalue weighted by molar-refractivity contribution is 6.32. The summed E-state index contributed by atoms with van der Waals surface area (Å²) in [5, 5.41) is 13.7. The molecule has 0 aliphatic carbocycles. The van der Waals surface area contributed by atoms with E-state index in [-0.39, 0.29) is 18.4 Å². The van der Waals surface area contributed by atoms with E-state index in [1.165, 1.54) is 0 Å². The molecule has 5 nitrogen and oxygen atoms in total. The van der Waals surface area contributed by atoms with E-state index in [4.69, 9.17) is 11.6 Å². The first-order chi connectivity index (χ1) is 15.6. The van der Waals surface area contributed by atoms with Crippen LogP contribution in [0.1, 0.15) is 40.4 Å². The lowest BCUT2D eigenvalue weighted by atomic mass is 9.95. The fraction of sp³-hybridized carbons (Fsp3) is 0.308. The highest BCUT2D eigenvalue weighted by Gasteiger charge is 2.25. The molecule has 1 aromatic heterocycles. The molecule has 0 saturated carbocycles. The lowest BCUT2D eigenvalue weighted by molar-refractivity contribution is 0.103. The molecule has 0 radical (unpaired) electrons. The van der Waals surface area contributed by atoms with E-state index in [9.17, 15) is 9.90 Å². The number of halogens is 1. The number of hydrogen-bond acceptors (Lipinski definition) is 5. The number of aromatic nitrogens is 1. The molecule has 1 aliphatic rings. The summed E-state index contributed by atoms with van der Waals surface area (Å²) in [6, 6.07) is 17.5. The fourth-order valence-electron chi connectivity index (χ4n) is 4.34. The Morgan fingerprint density at radius 2 is 2.03 bits per heavy atom. The molecule has 2 heterocycles. The largest absolute Gasteiger partial charge is 0.396 e. The number of hydrogen-bond donors (Lipinski definition) is 2. The van der Waals surface area contributed by atoms with Crippen LogP contribution >= 0.6 is 11.6 Å². The Kier molecular flexibility index (Phi) is 7.08. The lowest BCUT2D eigenvalue weighted by Gasteiger charge is -2.23. The summed E-state index contributed by atoms with van der Waals surface area (Å²) >= 11 is 6.24. The van der Waals surface area contributed by atoms with Crippen molar-refractivity contribution in [1.82, 2.24) is 4.98 Å². The first-order valence-electron chi connectivity index (χ1n) is 11.1. The lowest BCUT2D eigenvalue weighted by Crippen LogP contribution is -2.27. The van der Waals surface area contributed by atoms with Gasteiger partial charge >= 0.3 is 0 Å². The smallest absolute Gasteiger partial charge is 0.193 e. The van der Waals surface area contributed by atoms with Crippen molar-refractivity contribution in [2.45, 2.75) is 32.2 Å². The van der Waals surface area contributed by atoms with Crippen LogP contribution in [0.3, 0.4) is 0 Å². The zero-order chi connectivity index (χ0) is 22.5. The Morgan fingerprint density at radius 3 is 2.81 bits per heavy atom. The van der Waals surface area contributed by atoms with Crippen LogP contribution < -0.4 is 10.2 Å². The van der Waals surface area contributed by atoms with Crippen molar-refractivity contribution in [1.29, 1.82) is 0 Å². The minimum absolute atomic E-state index is 0.0268. The van der Waals surface area contributed by atoms with Crippen LogP contribution in [0.25, 0.3) is 0 Å². The van der Waals surface area contributed by atoms with E-state index in [0.717, 1.165) is 48.3 Å². The molecule has 32 heavy (non-hydrogen) atoms. The molecule has 0 amide bonds. The second-order valence-electron chi connectivity index (χ2n) is 8.07. The van der Waals surface area contributed by atoms with Gasteiger partial charge in [-0.1, -0.05) is 42.8 Å². The summed E-state index contributed by atoms with van der Waals surface area (Å²) in [6.07, 6.45) is 4.00. The molecule has 1 saturated heterocycles. The molecule has 1 unspecified atom stereocenters.